The van der Waals surface area contributed by atoms with Crippen molar-refractivity contribution in [2.75, 3.05) is 25.5 Å². The number of hydrogen-bond donors (Lipinski definition) is 1. The first kappa shape index (κ1) is 28.5. The molecule has 1 unspecified atom stereocenters. The number of alkyl halides is 3. The van der Waals surface area contributed by atoms with E-state index < -0.39 is 26.7 Å². The number of nitrogens with one attached hydrogen (secondary N) is 1. The van der Waals surface area contributed by atoms with Gasteiger partial charge in [-0.3, -0.25) is 9.69 Å². The summed E-state index contributed by atoms with van der Waals surface area (Å²) in [7, 11) is 0.279. The van der Waals surface area contributed by atoms with Gasteiger partial charge in [-0.15, -0.1) is 0 Å². The molecule has 1 aliphatic heterocycles. The van der Waals surface area contributed by atoms with Crippen LogP contribution in [0.3, 0.4) is 0 Å². The number of benzene rings is 2. The highest BCUT2D eigenvalue weighted by Gasteiger charge is 2.35. The van der Waals surface area contributed by atoms with Crippen LogP contribution in [-0.2, 0) is 23.6 Å². The second-order valence-corrected chi connectivity index (χ2v) is 12.7. The molecule has 0 aromatic heterocycles. The Balaban J connectivity index is 1.81. The van der Waals surface area contributed by atoms with E-state index in [9.17, 15) is 18.0 Å². The highest BCUT2D eigenvalue weighted by molar-refractivity contribution is 6.48. The van der Waals surface area contributed by atoms with Crippen molar-refractivity contribution in [1.29, 1.82) is 0 Å². The molecule has 0 saturated carbocycles. The van der Waals surface area contributed by atoms with Gasteiger partial charge in [0.15, 0.2) is 0 Å². The first-order valence-corrected chi connectivity index (χ1v) is 14.5. The standard InChI is InChI=1S/C26H33ClF3N2O3Si/c1-25(2,3)22(35-36(5)6)15-32-12-11-16-7-9-20(23(27)18(16)14-32)31-24(33)17-8-10-21(34-4)19(13-17)26(28,29)30/h7-10,13,22H,11-12,14-15H2,1-6H3,(H,31,33). The van der Waals surface area contributed by atoms with Gasteiger partial charge in [0.25, 0.3) is 5.91 Å². The molecule has 0 saturated heterocycles. The first-order valence-electron chi connectivity index (χ1n) is 11.8. The van der Waals surface area contributed by atoms with Gasteiger partial charge in [0, 0.05) is 25.2 Å². The van der Waals surface area contributed by atoms with E-state index >= 15 is 0 Å². The predicted octanol–water partition coefficient (Wildman–Crippen LogP) is 6.66. The average Bonchev–Trinajstić information content (AvgIpc) is 2.78. The minimum Gasteiger partial charge on any atom is -0.496 e. The third-order valence-electron chi connectivity index (χ3n) is 6.20. The maximum atomic E-state index is 13.4. The van der Waals surface area contributed by atoms with Crippen LogP contribution in [-0.4, -0.2) is 46.2 Å². The largest absolute Gasteiger partial charge is 0.496 e. The van der Waals surface area contributed by atoms with Gasteiger partial charge in [-0.25, -0.2) is 0 Å². The van der Waals surface area contributed by atoms with Crippen LogP contribution in [0, 0.1) is 5.41 Å². The summed E-state index contributed by atoms with van der Waals surface area (Å²) >= 11 is 6.72. The minimum absolute atomic E-state index is 0.0184. The highest BCUT2D eigenvalue weighted by atomic mass is 35.5. The maximum absolute atomic E-state index is 13.4. The van der Waals surface area contributed by atoms with E-state index in [1.54, 1.807) is 6.07 Å². The molecule has 2 aromatic rings. The number of halogens is 4. The maximum Gasteiger partial charge on any atom is 0.419 e. The summed E-state index contributed by atoms with van der Waals surface area (Å²) < 4.78 is 51.2. The Morgan fingerprint density at radius 1 is 1.19 bits per heavy atom. The van der Waals surface area contributed by atoms with Gasteiger partial charge in [-0.1, -0.05) is 38.4 Å². The van der Waals surface area contributed by atoms with Crippen LogP contribution in [0.1, 0.15) is 47.8 Å². The summed E-state index contributed by atoms with van der Waals surface area (Å²) in [4.78, 5) is 15.1. The van der Waals surface area contributed by atoms with Crippen molar-refractivity contribution in [1.82, 2.24) is 4.90 Å². The molecular weight excluding hydrogens is 509 g/mol. The van der Waals surface area contributed by atoms with E-state index in [0.717, 1.165) is 49.9 Å². The molecule has 1 aliphatic rings. The third-order valence-corrected chi connectivity index (χ3v) is 7.39. The Hall–Kier alpha value is -2.07. The minimum atomic E-state index is -4.65. The number of fused-ring (bicyclic) bond motifs is 1. The molecule has 0 spiro atoms. The predicted molar refractivity (Wildman–Crippen MR) is 138 cm³/mol. The first-order chi connectivity index (χ1) is 16.7. The van der Waals surface area contributed by atoms with Gasteiger partial charge in [-0.2, -0.15) is 13.2 Å². The fourth-order valence-electron chi connectivity index (χ4n) is 4.17. The average molecular weight is 542 g/mol. The Morgan fingerprint density at radius 2 is 1.89 bits per heavy atom. The number of methoxy groups -OCH3 is 1. The Morgan fingerprint density at radius 3 is 2.47 bits per heavy atom. The zero-order chi connectivity index (χ0) is 26.8. The van der Waals surface area contributed by atoms with Gasteiger partial charge >= 0.3 is 6.18 Å². The smallest absolute Gasteiger partial charge is 0.419 e. The lowest BCUT2D eigenvalue weighted by Gasteiger charge is -2.38. The third kappa shape index (κ3) is 6.82. The van der Waals surface area contributed by atoms with Crippen molar-refractivity contribution >= 4 is 32.2 Å². The second-order valence-electron chi connectivity index (χ2n) is 10.3. The number of rotatable bonds is 7. The fraction of sp³-hybridized carbons (Fsp3) is 0.500. The van der Waals surface area contributed by atoms with Gasteiger partial charge in [0.2, 0.25) is 9.04 Å². The highest BCUT2D eigenvalue weighted by Crippen LogP contribution is 2.38. The molecule has 1 amide bonds. The molecular formula is C26H33ClF3N2O3Si. The number of nitrogens with zero attached hydrogens (tertiary/aromatic N) is 1. The molecule has 197 valence electrons. The monoisotopic (exact) mass is 541 g/mol. The van der Waals surface area contributed by atoms with Gasteiger partial charge in [0.05, 0.1) is 29.5 Å². The summed E-state index contributed by atoms with van der Waals surface area (Å²) in [5.41, 5.74) is 1.21. The topological polar surface area (TPSA) is 50.8 Å². The lowest BCUT2D eigenvalue weighted by molar-refractivity contribution is -0.138. The van der Waals surface area contributed by atoms with Crippen molar-refractivity contribution in [2.45, 2.75) is 59.1 Å². The molecule has 1 N–H and O–H groups in total. The van der Waals surface area contributed by atoms with Gasteiger partial charge in [-0.05, 0) is 60.3 Å². The van der Waals surface area contributed by atoms with Crippen LogP contribution in [0.2, 0.25) is 18.1 Å². The van der Waals surface area contributed by atoms with Crippen molar-refractivity contribution < 1.29 is 27.1 Å². The van der Waals surface area contributed by atoms with Crippen molar-refractivity contribution in [3.05, 3.63) is 57.6 Å². The molecule has 1 atom stereocenters. The molecule has 2 aromatic carbocycles. The molecule has 1 heterocycles. The van der Waals surface area contributed by atoms with Crippen molar-refractivity contribution in [3.63, 3.8) is 0 Å². The SMILES string of the molecule is COc1ccc(C(=O)Nc2ccc3c(c2Cl)CN(CC(O[Si](C)C)C(C)(C)C)CC3)cc1C(F)(F)F. The van der Waals surface area contributed by atoms with Crippen LogP contribution < -0.4 is 10.1 Å². The molecule has 5 nitrogen and oxygen atoms in total. The number of hydrogen-bond acceptors (Lipinski definition) is 4. The van der Waals surface area contributed by atoms with E-state index in [1.165, 1.54) is 6.07 Å². The Kier molecular flexibility index (Phi) is 8.81. The normalized spacial score (nSPS) is 15.5. The van der Waals surface area contributed by atoms with E-state index in [1.807, 2.05) is 6.07 Å². The van der Waals surface area contributed by atoms with E-state index in [0.29, 0.717) is 17.3 Å². The molecule has 1 radical (unpaired) electrons. The number of anilines is 1. The van der Waals surface area contributed by atoms with Crippen LogP contribution in [0.5, 0.6) is 5.75 Å². The van der Waals surface area contributed by atoms with E-state index in [2.05, 4.69) is 44.1 Å². The van der Waals surface area contributed by atoms with Crippen molar-refractivity contribution in [3.8, 4) is 5.75 Å². The van der Waals surface area contributed by atoms with Crippen LogP contribution in [0.4, 0.5) is 18.9 Å². The summed E-state index contributed by atoms with van der Waals surface area (Å²) in [6, 6.07) is 6.83. The zero-order valence-corrected chi connectivity index (χ0v) is 23.2. The molecule has 10 heteroatoms. The lowest BCUT2D eigenvalue weighted by atomic mass is 9.88. The lowest BCUT2D eigenvalue weighted by Crippen LogP contribution is -2.45. The van der Waals surface area contributed by atoms with Crippen LogP contribution in [0.15, 0.2) is 30.3 Å². The molecule has 3 rings (SSSR count). The zero-order valence-electron chi connectivity index (χ0n) is 21.5. The fourth-order valence-corrected chi connectivity index (χ4v) is 5.46. The van der Waals surface area contributed by atoms with E-state index in [4.69, 9.17) is 20.8 Å². The van der Waals surface area contributed by atoms with Crippen LogP contribution >= 0.6 is 11.6 Å². The molecule has 0 bridgehead atoms. The Labute approximate surface area is 217 Å². The summed E-state index contributed by atoms with van der Waals surface area (Å²) in [6.07, 6.45) is -3.77. The molecule has 0 fully saturated rings. The van der Waals surface area contributed by atoms with Gasteiger partial charge in [0.1, 0.15) is 5.75 Å². The number of ether oxygens (including phenoxy) is 1. The van der Waals surface area contributed by atoms with E-state index in [-0.39, 0.29) is 22.8 Å². The summed E-state index contributed by atoms with van der Waals surface area (Å²) in [6.45, 7) is 13.0. The summed E-state index contributed by atoms with van der Waals surface area (Å²) in [5, 5.41) is 3.08. The number of carbonyl (C=O) groups is 1. The summed E-state index contributed by atoms with van der Waals surface area (Å²) in [5.74, 6) is -1.03. The van der Waals surface area contributed by atoms with Crippen molar-refractivity contribution in [2.24, 2.45) is 5.41 Å². The van der Waals surface area contributed by atoms with Crippen LogP contribution in [0.25, 0.3) is 0 Å². The number of carbonyl (C=O) groups excluding carboxylic acids is 1. The Bertz CT molecular complexity index is 1100. The second kappa shape index (κ2) is 11.1. The molecule has 36 heavy (non-hydrogen) atoms. The molecule has 0 aliphatic carbocycles. The number of amides is 1. The quantitative estimate of drug-likeness (QED) is 0.398. The van der Waals surface area contributed by atoms with Gasteiger partial charge < -0.3 is 14.5 Å².